The van der Waals surface area contributed by atoms with Gasteiger partial charge in [-0.15, -0.1) is 0 Å². The quantitative estimate of drug-likeness (QED) is 0.798. The molecule has 4 rings (SSSR count). The molecule has 0 radical (unpaired) electrons. The van der Waals surface area contributed by atoms with Crippen LogP contribution in [0.2, 0.25) is 0 Å². The molecule has 1 aromatic heterocycles. The number of aromatic nitrogens is 1. The zero-order valence-electron chi connectivity index (χ0n) is 17.7. The molecule has 0 spiro atoms. The number of nitrogens with one attached hydrogen (secondary N) is 1. The van der Waals surface area contributed by atoms with Crippen LogP contribution in [0.1, 0.15) is 42.8 Å². The third-order valence-corrected chi connectivity index (χ3v) is 6.66. The molecule has 1 saturated heterocycles. The third-order valence-electron chi connectivity index (χ3n) is 6.66. The summed E-state index contributed by atoms with van der Waals surface area (Å²) in [7, 11) is 1.92. The number of aliphatic hydroxyl groups is 1. The largest absolute Gasteiger partial charge is 0.396 e. The van der Waals surface area contributed by atoms with Crippen molar-refractivity contribution >= 4 is 12.0 Å². The molecule has 0 unspecified atom stereocenters. The summed E-state index contributed by atoms with van der Waals surface area (Å²) < 4.78 is 1.81. The molecular formula is C24H29N3O3. The zero-order chi connectivity index (χ0) is 21.4. The van der Waals surface area contributed by atoms with Gasteiger partial charge in [-0.05, 0) is 38.6 Å². The van der Waals surface area contributed by atoms with Crippen LogP contribution in [0, 0.1) is 11.8 Å². The fourth-order valence-electron chi connectivity index (χ4n) is 5.22. The SMILES string of the molecule is C/C=C\c1ccc2n(c1=O)C[C@@H]1[C@@H](CO)[C@H](C(=O)N[C@@H](C)c3ccccc3)N(C)[C@H]21. The van der Waals surface area contributed by atoms with Crippen LogP contribution >= 0.6 is 0 Å². The molecule has 2 aliphatic heterocycles. The van der Waals surface area contributed by atoms with E-state index in [0.29, 0.717) is 12.1 Å². The van der Waals surface area contributed by atoms with Gasteiger partial charge in [0, 0.05) is 36.2 Å². The van der Waals surface area contributed by atoms with Crippen molar-refractivity contribution in [2.75, 3.05) is 13.7 Å². The summed E-state index contributed by atoms with van der Waals surface area (Å²) in [5.74, 6) is -0.287. The number of amides is 1. The number of nitrogens with zero attached hydrogens (tertiary/aromatic N) is 2. The Bertz CT molecular complexity index is 1010. The minimum absolute atomic E-state index is 0.0104. The van der Waals surface area contributed by atoms with E-state index in [-0.39, 0.29) is 42.0 Å². The molecular weight excluding hydrogens is 378 g/mol. The van der Waals surface area contributed by atoms with Gasteiger partial charge in [0.2, 0.25) is 5.91 Å². The van der Waals surface area contributed by atoms with Crippen molar-refractivity contribution in [3.05, 3.63) is 75.7 Å². The van der Waals surface area contributed by atoms with Crippen LogP contribution in [0.25, 0.3) is 6.08 Å². The van der Waals surface area contributed by atoms with Crippen LogP contribution in [-0.4, -0.2) is 40.2 Å². The Hall–Kier alpha value is -2.70. The highest BCUT2D eigenvalue weighted by Gasteiger charge is 2.54. The van der Waals surface area contributed by atoms with E-state index in [1.54, 1.807) is 0 Å². The first-order valence-electron chi connectivity index (χ1n) is 10.5. The van der Waals surface area contributed by atoms with Gasteiger partial charge in [0.15, 0.2) is 0 Å². The van der Waals surface area contributed by atoms with Crippen LogP contribution in [0.15, 0.2) is 53.3 Å². The van der Waals surface area contributed by atoms with Crippen LogP contribution in [0.4, 0.5) is 0 Å². The molecule has 2 aliphatic rings. The van der Waals surface area contributed by atoms with E-state index >= 15 is 0 Å². The predicted molar refractivity (Wildman–Crippen MR) is 117 cm³/mol. The Kier molecular flexibility index (Phi) is 5.62. The molecule has 1 aromatic carbocycles. The molecule has 0 aliphatic carbocycles. The number of pyridine rings is 1. The summed E-state index contributed by atoms with van der Waals surface area (Å²) in [6.07, 6.45) is 3.68. The zero-order valence-corrected chi connectivity index (χ0v) is 17.7. The van der Waals surface area contributed by atoms with Crippen molar-refractivity contribution in [2.45, 2.75) is 38.5 Å². The normalized spacial score (nSPS) is 26.5. The van der Waals surface area contributed by atoms with E-state index in [1.807, 2.05) is 85.0 Å². The standard InChI is InChI=1S/C24H29N3O3/c1-4-8-17-11-12-20-21-18(13-27(20)24(17)30)19(14-28)22(26(21)3)23(29)25-15(2)16-9-6-5-7-10-16/h4-12,15,18-19,21-22,28H,13-14H2,1-3H3,(H,25,29)/b8-4-/t15-,18+,19+,21-,22+/m0/s1. The molecule has 5 atom stereocenters. The van der Waals surface area contributed by atoms with E-state index in [9.17, 15) is 14.7 Å². The number of likely N-dealkylation sites (tertiary alicyclic amines) is 1. The second-order valence-corrected chi connectivity index (χ2v) is 8.34. The monoisotopic (exact) mass is 407 g/mol. The molecule has 6 heteroatoms. The van der Waals surface area contributed by atoms with Gasteiger partial charge in [0.1, 0.15) is 0 Å². The third kappa shape index (κ3) is 3.30. The Morgan fingerprint density at radius 2 is 2.00 bits per heavy atom. The molecule has 1 amide bonds. The number of hydrogen-bond acceptors (Lipinski definition) is 4. The Morgan fingerprint density at radius 1 is 1.27 bits per heavy atom. The number of rotatable bonds is 5. The molecule has 158 valence electrons. The predicted octanol–water partition coefficient (Wildman–Crippen LogP) is 2.35. The van der Waals surface area contributed by atoms with E-state index in [2.05, 4.69) is 5.32 Å². The van der Waals surface area contributed by atoms with Gasteiger partial charge in [0.25, 0.3) is 5.56 Å². The second kappa shape index (κ2) is 8.20. The van der Waals surface area contributed by atoms with Gasteiger partial charge in [-0.25, -0.2) is 0 Å². The van der Waals surface area contributed by atoms with Crippen molar-refractivity contribution < 1.29 is 9.90 Å². The van der Waals surface area contributed by atoms with Crippen molar-refractivity contribution in [3.63, 3.8) is 0 Å². The first kappa shape index (κ1) is 20.6. The highest BCUT2D eigenvalue weighted by Crippen LogP contribution is 2.48. The number of benzene rings is 1. The van der Waals surface area contributed by atoms with Gasteiger partial charge in [0.05, 0.1) is 18.1 Å². The lowest BCUT2D eigenvalue weighted by Crippen LogP contribution is -2.47. The lowest BCUT2D eigenvalue weighted by atomic mass is 9.88. The van der Waals surface area contributed by atoms with E-state index in [1.165, 1.54) is 0 Å². The summed E-state index contributed by atoms with van der Waals surface area (Å²) in [5, 5.41) is 13.3. The number of aliphatic hydroxyl groups excluding tert-OH is 1. The smallest absolute Gasteiger partial charge is 0.258 e. The van der Waals surface area contributed by atoms with Crippen molar-refractivity contribution in [2.24, 2.45) is 11.8 Å². The minimum Gasteiger partial charge on any atom is -0.396 e. The average molecular weight is 408 g/mol. The maximum atomic E-state index is 13.2. The molecule has 30 heavy (non-hydrogen) atoms. The molecule has 0 saturated carbocycles. The summed E-state index contributed by atoms with van der Waals surface area (Å²) in [6, 6.07) is 13.1. The van der Waals surface area contributed by atoms with E-state index < -0.39 is 6.04 Å². The highest BCUT2D eigenvalue weighted by atomic mass is 16.3. The van der Waals surface area contributed by atoms with Crippen LogP contribution in [0.5, 0.6) is 0 Å². The maximum Gasteiger partial charge on any atom is 0.258 e. The molecule has 6 nitrogen and oxygen atoms in total. The van der Waals surface area contributed by atoms with Crippen molar-refractivity contribution in [1.29, 1.82) is 0 Å². The van der Waals surface area contributed by atoms with Gasteiger partial charge < -0.3 is 15.0 Å². The van der Waals surface area contributed by atoms with E-state index in [4.69, 9.17) is 0 Å². The summed E-state index contributed by atoms with van der Waals surface area (Å²) in [4.78, 5) is 28.1. The Balaban J connectivity index is 1.60. The lowest BCUT2D eigenvalue weighted by molar-refractivity contribution is -0.127. The van der Waals surface area contributed by atoms with Crippen LogP contribution < -0.4 is 10.9 Å². The maximum absolute atomic E-state index is 13.2. The molecule has 3 heterocycles. The summed E-state index contributed by atoms with van der Waals surface area (Å²) >= 11 is 0. The summed E-state index contributed by atoms with van der Waals surface area (Å²) in [6.45, 7) is 4.29. The first-order valence-corrected chi connectivity index (χ1v) is 10.5. The lowest BCUT2D eigenvalue weighted by Gasteiger charge is -2.28. The number of fused-ring (bicyclic) bond motifs is 3. The van der Waals surface area contributed by atoms with Gasteiger partial charge in [-0.2, -0.15) is 0 Å². The Morgan fingerprint density at radius 3 is 2.67 bits per heavy atom. The number of allylic oxidation sites excluding steroid dienone is 1. The number of carbonyl (C=O) groups is 1. The molecule has 0 bridgehead atoms. The molecule has 1 fully saturated rings. The minimum atomic E-state index is -0.435. The fraction of sp³-hybridized carbons (Fsp3) is 0.417. The van der Waals surface area contributed by atoms with E-state index in [0.717, 1.165) is 11.3 Å². The number of carbonyl (C=O) groups excluding carboxylic acids is 1. The van der Waals surface area contributed by atoms with Gasteiger partial charge in [-0.3, -0.25) is 14.5 Å². The number of likely N-dealkylation sites (N-methyl/N-ethyl adjacent to an activating group) is 1. The highest BCUT2D eigenvalue weighted by molar-refractivity contribution is 5.83. The van der Waals surface area contributed by atoms with Crippen molar-refractivity contribution in [3.8, 4) is 0 Å². The Labute approximate surface area is 176 Å². The first-order chi connectivity index (χ1) is 14.5. The van der Waals surface area contributed by atoms with Crippen LogP contribution in [0.3, 0.4) is 0 Å². The van der Waals surface area contributed by atoms with Gasteiger partial charge in [-0.1, -0.05) is 42.5 Å². The van der Waals surface area contributed by atoms with Gasteiger partial charge >= 0.3 is 0 Å². The number of hydrogen-bond donors (Lipinski definition) is 2. The summed E-state index contributed by atoms with van der Waals surface area (Å²) in [5.41, 5.74) is 2.62. The van der Waals surface area contributed by atoms with Crippen molar-refractivity contribution in [1.82, 2.24) is 14.8 Å². The van der Waals surface area contributed by atoms with Crippen LogP contribution in [-0.2, 0) is 11.3 Å². The second-order valence-electron chi connectivity index (χ2n) is 8.34. The average Bonchev–Trinajstić information content (AvgIpc) is 3.26. The molecule has 2 aromatic rings. The fourth-order valence-corrected chi connectivity index (χ4v) is 5.22. The topological polar surface area (TPSA) is 74.6 Å². The molecule has 2 N–H and O–H groups in total.